The summed E-state index contributed by atoms with van der Waals surface area (Å²) < 4.78 is 0. The molecule has 0 atom stereocenters. The van der Waals surface area contributed by atoms with Gasteiger partial charge in [0.2, 0.25) is 5.91 Å². The molecule has 2 aromatic rings. The standard InChI is InChI=1S/C24H38N2O2/c1-2-3-4-5-6-7-8-9-10-11-12-13-24(28)25-17-16-20-19-26-23-15-14-21(27)18-22(20)23/h14-15,18-19,26-27H,2-13,16-17H2,1H3,(H,25,28). The van der Waals surface area contributed by atoms with Crippen molar-refractivity contribution in [2.75, 3.05) is 6.54 Å². The summed E-state index contributed by atoms with van der Waals surface area (Å²) in [6.07, 6.45) is 17.7. The first-order chi connectivity index (χ1) is 13.7. The Morgan fingerprint density at radius 1 is 0.964 bits per heavy atom. The minimum absolute atomic E-state index is 0.151. The van der Waals surface area contributed by atoms with Gasteiger partial charge in [0.15, 0.2) is 0 Å². The van der Waals surface area contributed by atoms with Gasteiger partial charge in [-0.3, -0.25) is 4.79 Å². The van der Waals surface area contributed by atoms with Crippen LogP contribution in [0.15, 0.2) is 24.4 Å². The minimum atomic E-state index is 0.151. The number of amides is 1. The summed E-state index contributed by atoms with van der Waals surface area (Å²) in [6, 6.07) is 5.32. The Labute approximate surface area is 170 Å². The van der Waals surface area contributed by atoms with E-state index in [4.69, 9.17) is 0 Å². The first kappa shape index (κ1) is 22.3. The number of hydrogen-bond donors (Lipinski definition) is 3. The first-order valence-electron chi connectivity index (χ1n) is 11.3. The molecule has 1 heterocycles. The number of hydrogen-bond acceptors (Lipinski definition) is 2. The minimum Gasteiger partial charge on any atom is -0.508 e. The van der Waals surface area contributed by atoms with Crippen LogP contribution in [0, 0.1) is 0 Å². The van der Waals surface area contributed by atoms with Gasteiger partial charge in [0.1, 0.15) is 5.75 Å². The zero-order valence-electron chi connectivity index (χ0n) is 17.6. The van der Waals surface area contributed by atoms with E-state index in [9.17, 15) is 9.90 Å². The highest BCUT2D eigenvalue weighted by atomic mass is 16.3. The number of benzene rings is 1. The Morgan fingerprint density at radius 3 is 2.29 bits per heavy atom. The van der Waals surface area contributed by atoms with Crippen molar-refractivity contribution in [1.82, 2.24) is 10.3 Å². The topological polar surface area (TPSA) is 65.1 Å². The summed E-state index contributed by atoms with van der Waals surface area (Å²) in [4.78, 5) is 15.2. The molecule has 0 radical (unpaired) electrons. The fourth-order valence-electron chi connectivity index (χ4n) is 3.75. The Bertz CT molecular complexity index is 693. The van der Waals surface area contributed by atoms with Gasteiger partial charge in [-0.1, -0.05) is 71.1 Å². The lowest BCUT2D eigenvalue weighted by Gasteiger charge is -2.05. The summed E-state index contributed by atoms with van der Waals surface area (Å²) in [6.45, 7) is 2.90. The third-order valence-corrected chi connectivity index (χ3v) is 5.47. The SMILES string of the molecule is CCCCCCCCCCCCCC(=O)NCCc1c[nH]c2ccc(O)cc12. The summed E-state index contributed by atoms with van der Waals surface area (Å²) in [5.41, 5.74) is 2.14. The maximum Gasteiger partial charge on any atom is 0.220 e. The molecule has 156 valence electrons. The number of phenols is 1. The van der Waals surface area contributed by atoms with E-state index in [1.807, 2.05) is 12.3 Å². The fourth-order valence-corrected chi connectivity index (χ4v) is 3.75. The van der Waals surface area contributed by atoms with Crippen molar-refractivity contribution in [2.24, 2.45) is 0 Å². The molecule has 28 heavy (non-hydrogen) atoms. The van der Waals surface area contributed by atoms with Crippen LogP contribution in [0.4, 0.5) is 0 Å². The van der Waals surface area contributed by atoms with E-state index in [1.54, 1.807) is 12.1 Å². The van der Waals surface area contributed by atoms with Crippen LogP contribution in [0.3, 0.4) is 0 Å². The van der Waals surface area contributed by atoms with Gasteiger partial charge < -0.3 is 15.4 Å². The Hall–Kier alpha value is -1.97. The maximum absolute atomic E-state index is 12.0. The highest BCUT2D eigenvalue weighted by molar-refractivity contribution is 5.84. The second-order valence-electron chi connectivity index (χ2n) is 7.93. The maximum atomic E-state index is 12.0. The van der Waals surface area contributed by atoms with E-state index in [0.29, 0.717) is 13.0 Å². The highest BCUT2D eigenvalue weighted by Crippen LogP contribution is 2.23. The van der Waals surface area contributed by atoms with E-state index in [0.717, 1.165) is 35.7 Å². The average Bonchev–Trinajstić information content (AvgIpc) is 3.08. The normalized spacial score (nSPS) is 11.2. The first-order valence-corrected chi connectivity index (χ1v) is 11.3. The zero-order valence-corrected chi connectivity index (χ0v) is 17.6. The van der Waals surface area contributed by atoms with Gasteiger partial charge in [-0.25, -0.2) is 0 Å². The number of H-pyrrole nitrogens is 1. The summed E-state index contributed by atoms with van der Waals surface area (Å²) in [5, 5.41) is 13.7. The van der Waals surface area contributed by atoms with Crippen LogP contribution < -0.4 is 5.32 Å². The zero-order chi connectivity index (χ0) is 20.0. The fraction of sp³-hybridized carbons (Fsp3) is 0.625. The van der Waals surface area contributed by atoms with Crippen molar-refractivity contribution in [3.8, 4) is 5.75 Å². The summed E-state index contributed by atoms with van der Waals surface area (Å²) in [5.74, 6) is 0.424. The van der Waals surface area contributed by atoms with E-state index in [-0.39, 0.29) is 11.7 Å². The molecule has 1 aromatic heterocycles. The van der Waals surface area contributed by atoms with E-state index in [2.05, 4.69) is 17.2 Å². The van der Waals surface area contributed by atoms with Gasteiger partial charge in [0.25, 0.3) is 0 Å². The molecule has 0 saturated heterocycles. The third-order valence-electron chi connectivity index (χ3n) is 5.47. The smallest absolute Gasteiger partial charge is 0.220 e. The summed E-state index contributed by atoms with van der Waals surface area (Å²) in [7, 11) is 0. The van der Waals surface area contributed by atoms with Gasteiger partial charge >= 0.3 is 0 Å². The molecule has 4 nitrogen and oxygen atoms in total. The van der Waals surface area contributed by atoms with Crippen LogP contribution in [0.5, 0.6) is 5.75 Å². The molecule has 0 unspecified atom stereocenters. The lowest BCUT2D eigenvalue weighted by molar-refractivity contribution is -0.121. The Morgan fingerprint density at radius 2 is 1.61 bits per heavy atom. The molecule has 3 N–H and O–H groups in total. The van der Waals surface area contributed by atoms with Crippen LogP contribution in [0.1, 0.15) is 89.5 Å². The van der Waals surface area contributed by atoms with Crippen molar-refractivity contribution in [1.29, 1.82) is 0 Å². The van der Waals surface area contributed by atoms with Crippen LogP contribution in [-0.4, -0.2) is 22.5 Å². The molecule has 0 spiro atoms. The number of carbonyl (C=O) groups is 1. The lowest BCUT2D eigenvalue weighted by atomic mass is 10.1. The number of aromatic nitrogens is 1. The van der Waals surface area contributed by atoms with Crippen LogP contribution in [-0.2, 0) is 11.2 Å². The molecule has 1 aromatic carbocycles. The van der Waals surface area contributed by atoms with Gasteiger partial charge in [0, 0.05) is 30.1 Å². The van der Waals surface area contributed by atoms with Gasteiger partial charge in [-0.05, 0) is 36.6 Å². The van der Waals surface area contributed by atoms with Crippen molar-refractivity contribution in [2.45, 2.75) is 90.4 Å². The summed E-state index contributed by atoms with van der Waals surface area (Å²) >= 11 is 0. The molecule has 0 bridgehead atoms. The highest BCUT2D eigenvalue weighted by Gasteiger charge is 2.06. The van der Waals surface area contributed by atoms with Crippen molar-refractivity contribution >= 4 is 16.8 Å². The number of nitrogens with one attached hydrogen (secondary N) is 2. The molecule has 0 aliphatic rings. The molecule has 0 saturated carbocycles. The van der Waals surface area contributed by atoms with Crippen molar-refractivity contribution in [3.05, 3.63) is 30.0 Å². The number of rotatable bonds is 15. The molecule has 4 heteroatoms. The monoisotopic (exact) mass is 386 g/mol. The van der Waals surface area contributed by atoms with Gasteiger partial charge in [-0.15, -0.1) is 0 Å². The number of carbonyl (C=O) groups excluding carboxylic acids is 1. The Balaban J connectivity index is 1.46. The van der Waals surface area contributed by atoms with E-state index in [1.165, 1.54) is 57.8 Å². The number of phenolic OH excluding ortho intramolecular Hbond substituents is 1. The van der Waals surface area contributed by atoms with Crippen molar-refractivity contribution < 1.29 is 9.90 Å². The molecule has 0 aliphatic heterocycles. The van der Waals surface area contributed by atoms with Crippen LogP contribution >= 0.6 is 0 Å². The van der Waals surface area contributed by atoms with E-state index < -0.39 is 0 Å². The third kappa shape index (κ3) is 8.37. The lowest BCUT2D eigenvalue weighted by Crippen LogP contribution is -2.25. The molecular weight excluding hydrogens is 348 g/mol. The quantitative estimate of drug-likeness (QED) is 0.317. The molecule has 0 fully saturated rings. The second kappa shape index (κ2) is 13.2. The Kier molecular flexibility index (Phi) is 10.6. The van der Waals surface area contributed by atoms with Gasteiger partial charge in [0.05, 0.1) is 0 Å². The molecular formula is C24H38N2O2. The average molecular weight is 387 g/mol. The second-order valence-corrected chi connectivity index (χ2v) is 7.93. The predicted octanol–water partition coefficient (Wildman–Crippen LogP) is 6.23. The molecule has 2 rings (SSSR count). The number of aromatic hydroxyl groups is 1. The number of aromatic amines is 1. The molecule has 1 amide bonds. The number of unbranched alkanes of at least 4 members (excludes halogenated alkanes) is 10. The molecule has 0 aliphatic carbocycles. The predicted molar refractivity (Wildman–Crippen MR) is 118 cm³/mol. The van der Waals surface area contributed by atoms with Gasteiger partial charge in [-0.2, -0.15) is 0 Å². The largest absolute Gasteiger partial charge is 0.508 e. The van der Waals surface area contributed by atoms with E-state index >= 15 is 0 Å². The van der Waals surface area contributed by atoms with Crippen LogP contribution in [0.2, 0.25) is 0 Å². The van der Waals surface area contributed by atoms with Crippen LogP contribution in [0.25, 0.3) is 10.9 Å². The van der Waals surface area contributed by atoms with Crippen molar-refractivity contribution in [3.63, 3.8) is 0 Å². The number of fused-ring (bicyclic) bond motifs is 1.